The van der Waals surface area contributed by atoms with Crippen molar-refractivity contribution in [1.29, 1.82) is 5.26 Å². The first kappa shape index (κ1) is 15.8. The fourth-order valence-electron chi connectivity index (χ4n) is 1.67. The minimum atomic E-state index is -0.495. The smallest absolute Gasteiger partial charge is 0.316 e. The molecule has 0 saturated heterocycles. The van der Waals surface area contributed by atoms with Gasteiger partial charge in [-0.1, -0.05) is 35.7 Å². The Labute approximate surface area is 132 Å². The molecule has 1 aromatic rings. The number of carbonyl (C=O) groups is 1. The largest absolute Gasteiger partial charge is 0.459 e. The molecule has 1 aliphatic rings. The molecule has 0 bridgehead atoms. The van der Waals surface area contributed by atoms with Gasteiger partial charge in [0.15, 0.2) is 0 Å². The van der Waals surface area contributed by atoms with Gasteiger partial charge in [-0.2, -0.15) is 5.26 Å². The summed E-state index contributed by atoms with van der Waals surface area (Å²) in [7, 11) is 0. The molecule has 1 heterocycles. The maximum absolute atomic E-state index is 11.8. The van der Waals surface area contributed by atoms with E-state index in [9.17, 15) is 10.1 Å². The van der Waals surface area contributed by atoms with E-state index in [1.54, 1.807) is 0 Å². The Kier molecular flexibility index (Phi) is 4.86. The molecule has 0 saturated carbocycles. The molecule has 0 aliphatic carbocycles. The molecule has 0 amide bonds. The molecule has 2 rings (SSSR count). The highest BCUT2D eigenvalue weighted by Gasteiger charge is 2.21. The van der Waals surface area contributed by atoms with Crippen molar-refractivity contribution in [2.45, 2.75) is 31.3 Å². The van der Waals surface area contributed by atoms with Gasteiger partial charge in [0.05, 0.1) is 16.5 Å². The summed E-state index contributed by atoms with van der Waals surface area (Å²) in [5.74, 6) is -0.115. The highest BCUT2D eigenvalue weighted by molar-refractivity contribution is 8.07. The summed E-state index contributed by atoms with van der Waals surface area (Å²) < 4.78 is 5.27. The fourth-order valence-corrected chi connectivity index (χ4v) is 3.44. The maximum atomic E-state index is 11.8. The van der Waals surface area contributed by atoms with E-state index in [-0.39, 0.29) is 11.7 Å². The number of hydrogen-bond donors (Lipinski definition) is 1. The summed E-state index contributed by atoms with van der Waals surface area (Å²) in [6.45, 7) is 5.50. The Balaban J connectivity index is 2.04. The molecule has 1 aliphatic heterocycles. The Hall–Kier alpha value is -1.58. The van der Waals surface area contributed by atoms with E-state index < -0.39 is 5.60 Å². The van der Waals surface area contributed by atoms with Crippen molar-refractivity contribution in [3.05, 3.63) is 34.2 Å². The second kappa shape index (κ2) is 6.46. The predicted molar refractivity (Wildman–Crippen MR) is 86.9 cm³/mol. The van der Waals surface area contributed by atoms with Crippen LogP contribution in [0.4, 0.5) is 5.69 Å². The molecule has 6 heteroatoms. The zero-order valence-electron chi connectivity index (χ0n) is 12.1. The minimum absolute atomic E-state index is 0.174. The average Bonchev–Trinajstić information content (AvgIpc) is 2.42. The van der Waals surface area contributed by atoms with Gasteiger partial charge in [0, 0.05) is 4.90 Å². The zero-order chi connectivity index (χ0) is 15.5. The Morgan fingerprint density at radius 3 is 2.81 bits per heavy atom. The number of anilines is 1. The molecule has 0 aromatic heterocycles. The Morgan fingerprint density at radius 2 is 2.14 bits per heavy atom. The number of fused-ring (bicyclic) bond motifs is 1. The van der Waals surface area contributed by atoms with Crippen LogP contribution in [0.25, 0.3) is 0 Å². The van der Waals surface area contributed by atoms with E-state index >= 15 is 0 Å². The second-order valence-corrected chi connectivity index (χ2v) is 7.41. The van der Waals surface area contributed by atoms with Crippen LogP contribution in [0.1, 0.15) is 20.8 Å². The highest BCUT2D eigenvalue weighted by Crippen LogP contribution is 2.42. The monoisotopic (exact) mass is 320 g/mol. The zero-order valence-corrected chi connectivity index (χ0v) is 13.7. The lowest BCUT2D eigenvalue weighted by Gasteiger charge is -2.22. The molecule has 110 valence electrons. The number of ether oxygens (including phenoxy) is 1. The van der Waals surface area contributed by atoms with Crippen molar-refractivity contribution in [1.82, 2.24) is 0 Å². The number of para-hydroxylation sites is 1. The number of nitrogens with zero attached hydrogens (tertiary/aromatic N) is 1. The molecule has 1 aromatic carbocycles. The molecule has 0 fully saturated rings. The van der Waals surface area contributed by atoms with Gasteiger partial charge in [-0.25, -0.2) is 0 Å². The van der Waals surface area contributed by atoms with Crippen molar-refractivity contribution in [2.24, 2.45) is 0 Å². The van der Waals surface area contributed by atoms with E-state index in [0.29, 0.717) is 9.93 Å². The first-order valence-corrected chi connectivity index (χ1v) is 8.22. The van der Waals surface area contributed by atoms with Gasteiger partial charge < -0.3 is 10.1 Å². The molecule has 1 N–H and O–H groups in total. The first-order chi connectivity index (χ1) is 9.89. The highest BCUT2D eigenvalue weighted by atomic mass is 32.2. The van der Waals surface area contributed by atoms with Crippen molar-refractivity contribution >= 4 is 35.2 Å². The lowest BCUT2D eigenvalue weighted by Crippen LogP contribution is -2.25. The molecule has 0 unspecified atom stereocenters. The van der Waals surface area contributed by atoms with E-state index in [0.717, 1.165) is 10.6 Å². The summed E-state index contributed by atoms with van der Waals surface area (Å²) in [4.78, 5) is 13.3. The summed E-state index contributed by atoms with van der Waals surface area (Å²) in [6, 6.07) is 9.94. The number of hydrogen-bond acceptors (Lipinski definition) is 6. The van der Waals surface area contributed by atoms with Crippen LogP contribution in [-0.2, 0) is 9.53 Å². The molecular weight excluding hydrogens is 304 g/mol. The van der Waals surface area contributed by atoms with Crippen LogP contribution in [0.2, 0.25) is 0 Å². The number of nitriles is 1. The molecule has 21 heavy (non-hydrogen) atoms. The van der Waals surface area contributed by atoms with Crippen LogP contribution >= 0.6 is 23.5 Å². The standard InChI is InChI=1S/C15H16N2O2S2/c1-15(2,3)19-13(18)9-20-14-12(8-16)21-11-7-5-4-6-10(11)17-14/h4-7,17H,9H2,1-3H3. The number of benzene rings is 1. The molecular formula is C15H16N2O2S2. The van der Waals surface area contributed by atoms with Gasteiger partial charge in [0.1, 0.15) is 16.6 Å². The Morgan fingerprint density at radius 1 is 1.43 bits per heavy atom. The number of allylic oxidation sites excluding steroid dienone is 1. The summed E-state index contributed by atoms with van der Waals surface area (Å²) in [5, 5.41) is 13.1. The normalized spacial score (nSPS) is 14.0. The van der Waals surface area contributed by atoms with Crippen molar-refractivity contribution < 1.29 is 9.53 Å². The van der Waals surface area contributed by atoms with Crippen LogP contribution in [0.15, 0.2) is 39.1 Å². The average molecular weight is 320 g/mol. The van der Waals surface area contributed by atoms with E-state index in [4.69, 9.17) is 4.74 Å². The van der Waals surface area contributed by atoms with Gasteiger partial charge in [0.25, 0.3) is 0 Å². The number of nitrogens with one attached hydrogen (secondary N) is 1. The van der Waals surface area contributed by atoms with Crippen LogP contribution in [0.5, 0.6) is 0 Å². The molecule has 0 atom stereocenters. The van der Waals surface area contributed by atoms with Gasteiger partial charge in [-0.05, 0) is 32.9 Å². The van der Waals surface area contributed by atoms with Crippen LogP contribution < -0.4 is 5.32 Å². The number of thioether (sulfide) groups is 2. The van der Waals surface area contributed by atoms with Crippen molar-refractivity contribution in [3.63, 3.8) is 0 Å². The Bertz CT molecular complexity index is 627. The molecule has 0 radical (unpaired) electrons. The second-order valence-electron chi connectivity index (χ2n) is 5.37. The topological polar surface area (TPSA) is 62.1 Å². The number of rotatable bonds is 3. The van der Waals surface area contributed by atoms with Gasteiger partial charge in [0.2, 0.25) is 0 Å². The number of esters is 1. The van der Waals surface area contributed by atoms with E-state index in [1.807, 2.05) is 45.0 Å². The maximum Gasteiger partial charge on any atom is 0.316 e. The third-order valence-electron chi connectivity index (χ3n) is 2.41. The van der Waals surface area contributed by atoms with Crippen molar-refractivity contribution in [3.8, 4) is 6.07 Å². The first-order valence-electron chi connectivity index (χ1n) is 6.42. The fraction of sp³-hybridized carbons (Fsp3) is 0.333. The van der Waals surface area contributed by atoms with E-state index in [1.165, 1.54) is 23.5 Å². The summed E-state index contributed by atoms with van der Waals surface area (Å²) >= 11 is 2.71. The lowest BCUT2D eigenvalue weighted by molar-refractivity contribution is -0.151. The molecule has 4 nitrogen and oxygen atoms in total. The lowest BCUT2D eigenvalue weighted by atomic mass is 10.2. The molecule has 0 spiro atoms. The third kappa shape index (κ3) is 4.45. The van der Waals surface area contributed by atoms with Crippen molar-refractivity contribution in [2.75, 3.05) is 11.1 Å². The van der Waals surface area contributed by atoms with Gasteiger partial charge in [-0.15, -0.1) is 0 Å². The van der Waals surface area contributed by atoms with E-state index in [2.05, 4.69) is 11.4 Å². The minimum Gasteiger partial charge on any atom is -0.459 e. The van der Waals surface area contributed by atoms with Crippen LogP contribution in [-0.4, -0.2) is 17.3 Å². The quantitative estimate of drug-likeness (QED) is 0.850. The summed E-state index contributed by atoms with van der Waals surface area (Å²) in [5.41, 5.74) is 0.457. The van der Waals surface area contributed by atoms with Crippen LogP contribution in [0.3, 0.4) is 0 Å². The third-order valence-corrected chi connectivity index (χ3v) is 4.59. The predicted octanol–water partition coefficient (Wildman–Crippen LogP) is 3.97. The summed E-state index contributed by atoms with van der Waals surface area (Å²) in [6.07, 6.45) is 0. The van der Waals surface area contributed by atoms with Gasteiger partial charge in [-0.3, -0.25) is 4.79 Å². The number of carbonyl (C=O) groups excluding carboxylic acids is 1. The van der Waals surface area contributed by atoms with Gasteiger partial charge >= 0.3 is 5.97 Å². The SMILES string of the molecule is CC(C)(C)OC(=O)CSC1=C(C#N)Sc2ccccc2N1. The van der Waals surface area contributed by atoms with Crippen LogP contribution in [0, 0.1) is 11.3 Å².